The first-order valence-corrected chi connectivity index (χ1v) is 7.31. The summed E-state index contributed by atoms with van der Waals surface area (Å²) in [6, 6.07) is 7.40. The van der Waals surface area contributed by atoms with E-state index in [9.17, 15) is 8.42 Å². The number of sulfone groups is 1. The van der Waals surface area contributed by atoms with Gasteiger partial charge in [-0.2, -0.15) is 0 Å². The minimum atomic E-state index is -2.94. The van der Waals surface area contributed by atoms with E-state index >= 15 is 0 Å². The van der Waals surface area contributed by atoms with Crippen molar-refractivity contribution in [3.05, 3.63) is 34.3 Å². The highest BCUT2D eigenvalue weighted by Gasteiger charge is 2.35. The minimum Gasteiger partial charge on any atom is -0.326 e. The summed E-state index contributed by atoms with van der Waals surface area (Å²) in [5, 5.41) is 0. The van der Waals surface area contributed by atoms with E-state index in [1.165, 1.54) is 0 Å². The molecule has 1 fully saturated rings. The van der Waals surface area contributed by atoms with Crippen LogP contribution in [0.4, 0.5) is 0 Å². The van der Waals surface area contributed by atoms with Gasteiger partial charge in [0.1, 0.15) is 0 Å². The zero-order valence-electron chi connectivity index (χ0n) is 8.06. The summed E-state index contributed by atoms with van der Waals surface area (Å²) >= 11 is 3.34. The van der Waals surface area contributed by atoms with Crippen LogP contribution >= 0.6 is 15.9 Å². The Bertz CT molecular complexity index is 455. The number of halogens is 1. The Kier molecular flexibility index (Phi) is 2.87. The molecule has 0 saturated carbocycles. The monoisotopic (exact) mass is 289 g/mol. The SMILES string of the molecule is NC1CS(=O)(=O)CC1c1ccc(Br)cc1. The molecule has 0 radical (unpaired) electrons. The van der Waals surface area contributed by atoms with Crippen LogP contribution < -0.4 is 5.73 Å². The van der Waals surface area contributed by atoms with Gasteiger partial charge in [0.2, 0.25) is 0 Å². The van der Waals surface area contributed by atoms with E-state index in [4.69, 9.17) is 5.73 Å². The van der Waals surface area contributed by atoms with E-state index in [0.29, 0.717) is 0 Å². The van der Waals surface area contributed by atoms with Gasteiger partial charge >= 0.3 is 0 Å². The Balaban J connectivity index is 2.29. The molecule has 2 atom stereocenters. The van der Waals surface area contributed by atoms with Crippen molar-refractivity contribution in [1.29, 1.82) is 0 Å². The van der Waals surface area contributed by atoms with Crippen molar-refractivity contribution in [1.82, 2.24) is 0 Å². The van der Waals surface area contributed by atoms with Crippen molar-refractivity contribution in [2.75, 3.05) is 11.5 Å². The van der Waals surface area contributed by atoms with E-state index in [0.717, 1.165) is 10.0 Å². The third-order valence-electron chi connectivity index (χ3n) is 2.69. The van der Waals surface area contributed by atoms with E-state index in [1.54, 1.807) is 0 Å². The number of rotatable bonds is 1. The average Bonchev–Trinajstić information content (AvgIpc) is 2.41. The van der Waals surface area contributed by atoms with Gasteiger partial charge in [-0.15, -0.1) is 0 Å². The largest absolute Gasteiger partial charge is 0.326 e. The van der Waals surface area contributed by atoms with Crippen LogP contribution in [0, 0.1) is 0 Å². The first-order valence-electron chi connectivity index (χ1n) is 4.69. The first-order chi connectivity index (χ1) is 6.98. The second kappa shape index (κ2) is 3.88. The lowest BCUT2D eigenvalue weighted by molar-refractivity contribution is 0.601. The molecule has 0 aliphatic carbocycles. The molecule has 1 heterocycles. The normalized spacial score (nSPS) is 29.2. The van der Waals surface area contributed by atoms with E-state index in [1.807, 2.05) is 24.3 Å². The van der Waals surface area contributed by atoms with E-state index in [2.05, 4.69) is 15.9 Å². The summed E-state index contributed by atoms with van der Waals surface area (Å²) in [5.41, 5.74) is 6.84. The van der Waals surface area contributed by atoms with Crippen LogP contribution in [0.25, 0.3) is 0 Å². The van der Waals surface area contributed by atoms with Gasteiger partial charge in [0, 0.05) is 16.4 Å². The number of nitrogens with two attached hydrogens (primary N) is 1. The van der Waals surface area contributed by atoms with Crippen LogP contribution in [0.3, 0.4) is 0 Å². The van der Waals surface area contributed by atoms with Gasteiger partial charge in [0.25, 0.3) is 0 Å². The summed E-state index contributed by atoms with van der Waals surface area (Å²) in [6.45, 7) is 0. The van der Waals surface area contributed by atoms with Gasteiger partial charge in [-0.25, -0.2) is 8.42 Å². The number of hydrogen-bond donors (Lipinski definition) is 1. The van der Waals surface area contributed by atoms with Crippen molar-refractivity contribution >= 4 is 25.8 Å². The highest BCUT2D eigenvalue weighted by molar-refractivity contribution is 9.10. The minimum absolute atomic E-state index is 0.0527. The van der Waals surface area contributed by atoms with E-state index in [-0.39, 0.29) is 23.5 Å². The average molecular weight is 290 g/mol. The Morgan fingerprint density at radius 3 is 2.27 bits per heavy atom. The van der Waals surface area contributed by atoms with Gasteiger partial charge in [-0.05, 0) is 17.7 Å². The van der Waals surface area contributed by atoms with Crippen molar-refractivity contribution in [3.63, 3.8) is 0 Å². The highest BCUT2D eigenvalue weighted by atomic mass is 79.9. The fourth-order valence-electron chi connectivity index (χ4n) is 1.93. The Morgan fingerprint density at radius 1 is 1.20 bits per heavy atom. The number of benzene rings is 1. The third kappa shape index (κ3) is 2.41. The summed E-state index contributed by atoms with van der Waals surface area (Å²) < 4.78 is 23.8. The summed E-state index contributed by atoms with van der Waals surface area (Å²) in [5.74, 6) is 0.229. The molecule has 0 bridgehead atoms. The molecule has 2 N–H and O–H groups in total. The molecular formula is C10H12BrNO2S. The maximum atomic E-state index is 11.4. The number of hydrogen-bond acceptors (Lipinski definition) is 3. The zero-order chi connectivity index (χ0) is 11.1. The maximum Gasteiger partial charge on any atom is 0.152 e. The smallest absolute Gasteiger partial charge is 0.152 e. The molecule has 0 aromatic heterocycles. The Morgan fingerprint density at radius 2 is 1.80 bits per heavy atom. The molecule has 1 aliphatic heterocycles. The molecule has 15 heavy (non-hydrogen) atoms. The molecule has 0 spiro atoms. The van der Waals surface area contributed by atoms with Crippen LogP contribution in [0.1, 0.15) is 11.5 Å². The highest BCUT2D eigenvalue weighted by Crippen LogP contribution is 2.28. The lowest BCUT2D eigenvalue weighted by atomic mass is 9.95. The quantitative estimate of drug-likeness (QED) is 0.847. The summed E-state index contributed by atoms with van der Waals surface area (Å²) in [6.07, 6.45) is 0. The fraction of sp³-hybridized carbons (Fsp3) is 0.400. The Hall–Kier alpha value is -0.390. The van der Waals surface area contributed by atoms with Crippen molar-refractivity contribution in [3.8, 4) is 0 Å². The summed E-state index contributed by atoms with van der Waals surface area (Å²) in [4.78, 5) is 0. The van der Waals surface area contributed by atoms with Crippen molar-refractivity contribution in [2.45, 2.75) is 12.0 Å². The van der Waals surface area contributed by atoms with Crippen LogP contribution in [0.15, 0.2) is 28.7 Å². The summed E-state index contributed by atoms with van der Waals surface area (Å²) in [7, 11) is -2.94. The molecule has 1 saturated heterocycles. The topological polar surface area (TPSA) is 60.2 Å². The molecule has 1 aromatic carbocycles. The molecule has 1 aromatic rings. The molecule has 2 rings (SSSR count). The van der Waals surface area contributed by atoms with Crippen LogP contribution in [-0.2, 0) is 9.84 Å². The lowest BCUT2D eigenvalue weighted by Crippen LogP contribution is -2.27. The molecule has 2 unspecified atom stereocenters. The van der Waals surface area contributed by atoms with Crippen LogP contribution in [0.5, 0.6) is 0 Å². The van der Waals surface area contributed by atoms with Gasteiger partial charge < -0.3 is 5.73 Å². The molecule has 0 amide bonds. The van der Waals surface area contributed by atoms with Crippen LogP contribution in [0.2, 0.25) is 0 Å². The molecule has 82 valence electrons. The second-order valence-corrected chi connectivity index (χ2v) is 6.97. The van der Waals surface area contributed by atoms with Crippen molar-refractivity contribution in [2.24, 2.45) is 5.73 Å². The third-order valence-corrected chi connectivity index (χ3v) is 4.98. The van der Waals surface area contributed by atoms with Gasteiger partial charge in [0.05, 0.1) is 11.5 Å². The van der Waals surface area contributed by atoms with Gasteiger partial charge in [-0.1, -0.05) is 28.1 Å². The van der Waals surface area contributed by atoms with Crippen LogP contribution in [-0.4, -0.2) is 26.0 Å². The zero-order valence-corrected chi connectivity index (χ0v) is 10.5. The van der Waals surface area contributed by atoms with E-state index < -0.39 is 9.84 Å². The Labute approximate surface area is 97.7 Å². The first kappa shape index (κ1) is 11.1. The standard InChI is InChI=1S/C10H12BrNO2S/c11-8-3-1-7(2-4-8)9-5-15(13,14)6-10(9)12/h1-4,9-10H,5-6,12H2. The molecule has 3 nitrogen and oxygen atoms in total. The predicted molar refractivity (Wildman–Crippen MR) is 63.5 cm³/mol. The predicted octanol–water partition coefficient (Wildman–Crippen LogP) is 1.29. The molecule has 5 heteroatoms. The lowest BCUT2D eigenvalue weighted by Gasteiger charge is -2.13. The molecular weight excluding hydrogens is 278 g/mol. The van der Waals surface area contributed by atoms with Crippen molar-refractivity contribution < 1.29 is 8.42 Å². The van der Waals surface area contributed by atoms with Gasteiger partial charge in [-0.3, -0.25) is 0 Å². The van der Waals surface area contributed by atoms with Gasteiger partial charge in [0.15, 0.2) is 9.84 Å². The second-order valence-electron chi connectivity index (χ2n) is 3.90. The molecule has 1 aliphatic rings. The fourth-order valence-corrected chi connectivity index (χ4v) is 4.13. The maximum absolute atomic E-state index is 11.4.